The first-order valence-corrected chi connectivity index (χ1v) is 8.11. The highest BCUT2D eigenvalue weighted by molar-refractivity contribution is 9.11. The van der Waals surface area contributed by atoms with E-state index in [-0.39, 0.29) is 0 Å². The van der Waals surface area contributed by atoms with Crippen LogP contribution in [0.15, 0.2) is 45.5 Å². The second kappa shape index (κ2) is 6.24. The zero-order valence-corrected chi connectivity index (χ0v) is 13.9. The fraction of sp³-hybridized carbons (Fsp3) is 0.267. The molecule has 20 heavy (non-hydrogen) atoms. The summed E-state index contributed by atoms with van der Waals surface area (Å²) in [4.78, 5) is 4.34. The topological polar surface area (TPSA) is 34.1 Å². The van der Waals surface area contributed by atoms with Crippen LogP contribution in [-0.2, 0) is 6.54 Å². The molecule has 0 unspecified atom stereocenters. The smallest absolute Gasteiger partial charge is 0.223 e. The van der Waals surface area contributed by atoms with Gasteiger partial charge in [0, 0.05) is 28.8 Å². The molecule has 0 spiro atoms. The molecule has 3 nitrogen and oxygen atoms in total. The minimum Gasteiger partial charge on any atom is -0.438 e. The molecule has 2 aromatic rings. The van der Waals surface area contributed by atoms with E-state index in [1.807, 2.05) is 30.3 Å². The highest BCUT2D eigenvalue weighted by Crippen LogP contribution is 2.32. The molecule has 104 valence electrons. The number of hydrogen-bond donors (Lipinski definition) is 1. The SMILES string of the molecule is Brc1ccc(Oc2ncccc2CNC2CC2)c(Br)c1. The number of hydrogen-bond acceptors (Lipinski definition) is 3. The molecule has 0 saturated heterocycles. The third-order valence-electron chi connectivity index (χ3n) is 3.11. The third kappa shape index (κ3) is 3.59. The quantitative estimate of drug-likeness (QED) is 0.797. The van der Waals surface area contributed by atoms with E-state index in [1.54, 1.807) is 6.20 Å². The molecule has 5 heteroatoms. The van der Waals surface area contributed by atoms with Gasteiger partial charge in [-0.2, -0.15) is 0 Å². The molecular formula is C15H14Br2N2O. The van der Waals surface area contributed by atoms with Gasteiger partial charge in [0.1, 0.15) is 5.75 Å². The predicted molar refractivity (Wildman–Crippen MR) is 86.0 cm³/mol. The Morgan fingerprint density at radius 2 is 2.10 bits per heavy atom. The van der Waals surface area contributed by atoms with Crippen LogP contribution in [0.5, 0.6) is 11.6 Å². The van der Waals surface area contributed by atoms with Crippen molar-refractivity contribution in [2.45, 2.75) is 25.4 Å². The average molecular weight is 398 g/mol. The lowest BCUT2D eigenvalue weighted by molar-refractivity contribution is 0.450. The molecule has 1 aromatic carbocycles. The molecule has 1 aliphatic carbocycles. The van der Waals surface area contributed by atoms with Crippen molar-refractivity contribution in [1.82, 2.24) is 10.3 Å². The summed E-state index contributed by atoms with van der Waals surface area (Å²) >= 11 is 6.94. The average Bonchev–Trinajstić information content (AvgIpc) is 3.25. The monoisotopic (exact) mass is 396 g/mol. The van der Waals surface area contributed by atoms with E-state index < -0.39 is 0 Å². The Bertz CT molecular complexity index is 615. The Morgan fingerprint density at radius 1 is 1.25 bits per heavy atom. The summed E-state index contributed by atoms with van der Waals surface area (Å²) in [6.07, 6.45) is 4.30. The van der Waals surface area contributed by atoms with Crippen molar-refractivity contribution < 1.29 is 4.74 Å². The van der Waals surface area contributed by atoms with Crippen LogP contribution >= 0.6 is 31.9 Å². The van der Waals surface area contributed by atoms with Gasteiger partial charge in [0.2, 0.25) is 5.88 Å². The van der Waals surface area contributed by atoms with E-state index in [1.165, 1.54) is 12.8 Å². The van der Waals surface area contributed by atoms with Crippen molar-refractivity contribution in [1.29, 1.82) is 0 Å². The summed E-state index contributed by atoms with van der Waals surface area (Å²) < 4.78 is 7.84. The zero-order valence-electron chi connectivity index (χ0n) is 10.8. The Hall–Kier alpha value is -0.910. The maximum absolute atomic E-state index is 5.93. The Balaban J connectivity index is 1.78. The van der Waals surface area contributed by atoms with E-state index in [9.17, 15) is 0 Å². The zero-order chi connectivity index (χ0) is 13.9. The van der Waals surface area contributed by atoms with Crippen molar-refractivity contribution in [2.24, 2.45) is 0 Å². The largest absolute Gasteiger partial charge is 0.438 e. The molecule has 0 radical (unpaired) electrons. The number of rotatable bonds is 5. The Morgan fingerprint density at radius 3 is 2.85 bits per heavy atom. The van der Waals surface area contributed by atoms with Crippen molar-refractivity contribution >= 4 is 31.9 Å². The lowest BCUT2D eigenvalue weighted by atomic mass is 10.2. The van der Waals surface area contributed by atoms with Crippen molar-refractivity contribution in [3.8, 4) is 11.6 Å². The fourth-order valence-corrected chi connectivity index (χ4v) is 2.98. The van der Waals surface area contributed by atoms with Crippen LogP contribution in [0.25, 0.3) is 0 Å². The molecule has 1 heterocycles. The second-order valence-corrected chi connectivity index (χ2v) is 6.57. The van der Waals surface area contributed by atoms with Gasteiger partial charge >= 0.3 is 0 Å². The first-order chi connectivity index (χ1) is 9.72. The van der Waals surface area contributed by atoms with E-state index in [0.717, 1.165) is 26.8 Å². The lowest BCUT2D eigenvalue weighted by Gasteiger charge is -2.11. The van der Waals surface area contributed by atoms with Gasteiger partial charge in [-0.15, -0.1) is 0 Å². The van der Waals surface area contributed by atoms with Gasteiger partial charge in [0.25, 0.3) is 0 Å². The molecule has 1 aliphatic rings. The molecule has 0 amide bonds. The molecule has 1 aromatic heterocycles. The van der Waals surface area contributed by atoms with Crippen molar-refractivity contribution in [3.05, 3.63) is 51.0 Å². The van der Waals surface area contributed by atoms with Gasteiger partial charge in [-0.05, 0) is 53.0 Å². The first kappa shape index (κ1) is 14.0. The molecule has 0 atom stereocenters. The van der Waals surface area contributed by atoms with Gasteiger partial charge in [-0.3, -0.25) is 0 Å². The number of pyridine rings is 1. The normalized spacial score (nSPS) is 14.3. The Labute approximate surface area is 135 Å². The van der Waals surface area contributed by atoms with Crippen LogP contribution in [0.1, 0.15) is 18.4 Å². The van der Waals surface area contributed by atoms with E-state index >= 15 is 0 Å². The van der Waals surface area contributed by atoms with Crippen LogP contribution in [0.3, 0.4) is 0 Å². The molecular weight excluding hydrogens is 384 g/mol. The summed E-state index contributed by atoms with van der Waals surface area (Å²) in [5.74, 6) is 1.42. The number of halogens is 2. The maximum atomic E-state index is 5.93. The fourth-order valence-electron chi connectivity index (χ4n) is 1.85. The number of nitrogens with one attached hydrogen (secondary N) is 1. The number of nitrogens with zero attached hydrogens (tertiary/aromatic N) is 1. The van der Waals surface area contributed by atoms with Crippen LogP contribution in [0.4, 0.5) is 0 Å². The third-order valence-corrected chi connectivity index (χ3v) is 4.22. The molecule has 1 fully saturated rings. The minimum absolute atomic E-state index is 0.656. The summed E-state index contributed by atoms with van der Waals surface area (Å²) in [5.41, 5.74) is 1.08. The predicted octanol–water partition coefficient (Wildman–Crippen LogP) is 4.65. The van der Waals surface area contributed by atoms with Crippen molar-refractivity contribution in [3.63, 3.8) is 0 Å². The van der Waals surface area contributed by atoms with Gasteiger partial charge in [0.05, 0.1) is 4.47 Å². The molecule has 1 saturated carbocycles. The van der Waals surface area contributed by atoms with Crippen LogP contribution in [0, 0.1) is 0 Å². The number of aromatic nitrogens is 1. The van der Waals surface area contributed by atoms with Gasteiger partial charge in [0.15, 0.2) is 0 Å². The van der Waals surface area contributed by atoms with Crippen LogP contribution < -0.4 is 10.1 Å². The number of ether oxygens (including phenoxy) is 1. The second-order valence-electron chi connectivity index (χ2n) is 4.80. The molecule has 0 bridgehead atoms. The summed E-state index contributed by atoms with van der Waals surface area (Å²) in [6, 6.07) is 10.5. The molecule has 0 aliphatic heterocycles. The first-order valence-electron chi connectivity index (χ1n) is 6.52. The highest BCUT2D eigenvalue weighted by atomic mass is 79.9. The van der Waals surface area contributed by atoms with E-state index in [0.29, 0.717) is 11.9 Å². The van der Waals surface area contributed by atoms with E-state index in [4.69, 9.17) is 4.74 Å². The maximum Gasteiger partial charge on any atom is 0.223 e. The highest BCUT2D eigenvalue weighted by Gasteiger charge is 2.21. The summed E-state index contributed by atoms with van der Waals surface area (Å²) in [7, 11) is 0. The minimum atomic E-state index is 0.656. The van der Waals surface area contributed by atoms with E-state index in [2.05, 4.69) is 42.2 Å². The summed E-state index contributed by atoms with van der Waals surface area (Å²) in [5, 5.41) is 3.48. The van der Waals surface area contributed by atoms with Crippen LogP contribution in [0.2, 0.25) is 0 Å². The number of benzene rings is 1. The molecule has 3 rings (SSSR count). The van der Waals surface area contributed by atoms with Crippen LogP contribution in [-0.4, -0.2) is 11.0 Å². The van der Waals surface area contributed by atoms with Gasteiger partial charge in [-0.25, -0.2) is 4.98 Å². The van der Waals surface area contributed by atoms with Crippen molar-refractivity contribution in [2.75, 3.05) is 0 Å². The van der Waals surface area contributed by atoms with Gasteiger partial charge in [-0.1, -0.05) is 22.0 Å². The lowest BCUT2D eigenvalue weighted by Crippen LogP contribution is -2.16. The Kier molecular flexibility index (Phi) is 4.38. The standard InChI is InChI=1S/C15H14Br2N2O/c16-11-3-6-14(13(17)8-11)20-15-10(2-1-7-18-15)9-19-12-4-5-12/h1-3,6-8,12,19H,4-5,9H2. The summed E-state index contributed by atoms with van der Waals surface area (Å²) in [6.45, 7) is 0.794. The van der Waals surface area contributed by atoms with Gasteiger partial charge < -0.3 is 10.1 Å². The molecule has 1 N–H and O–H groups in total.